The van der Waals surface area contributed by atoms with Crippen molar-refractivity contribution in [1.82, 2.24) is 4.90 Å². The Bertz CT molecular complexity index is 629. The van der Waals surface area contributed by atoms with Gasteiger partial charge in [0.2, 0.25) is 5.91 Å². The fraction of sp³-hybridized carbons (Fsp3) is 0.526. The first-order chi connectivity index (χ1) is 12.5. The zero-order valence-electron chi connectivity index (χ0n) is 15.3. The first kappa shape index (κ1) is 19.9. The van der Waals surface area contributed by atoms with Crippen LogP contribution in [0.15, 0.2) is 24.3 Å². The Balaban J connectivity index is 1.84. The average Bonchev–Trinajstić information content (AvgIpc) is 2.63. The Morgan fingerprint density at radius 3 is 2.46 bits per heavy atom. The summed E-state index contributed by atoms with van der Waals surface area (Å²) >= 11 is 0. The third-order valence-corrected chi connectivity index (χ3v) is 4.17. The Morgan fingerprint density at radius 1 is 1.12 bits per heavy atom. The summed E-state index contributed by atoms with van der Waals surface area (Å²) in [6.45, 7) is 5.77. The highest BCUT2D eigenvalue weighted by Gasteiger charge is 2.27. The summed E-state index contributed by atoms with van der Waals surface area (Å²) in [5.41, 5.74) is 1.06. The van der Waals surface area contributed by atoms with E-state index in [-0.39, 0.29) is 30.3 Å². The van der Waals surface area contributed by atoms with Gasteiger partial charge in [0.25, 0.3) is 0 Å². The van der Waals surface area contributed by atoms with E-state index in [9.17, 15) is 14.4 Å². The maximum Gasteiger partial charge on any atom is 0.338 e. The van der Waals surface area contributed by atoms with Crippen LogP contribution in [0.2, 0.25) is 0 Å². The molecule has 1 amide bonds. The molecule has 1 fully saturated rings. The van der Waals surface area contributed by atoms with Crippen LogP contribution in [0, 0.1) is 5.92 Å². The number of likely N-dealkylation sites (tertiary alicyclic amines) is 1. The molecule has 1 saturated heterocycles. The van der Waals surface area contributed by atoms with Crippen LogP contribution in [0.3, 0.4) is 0 Å². The lowest BCUT2D eigenvalue weighted by Gasteiger charge is -2.30. The van der Waals surface area contributed by atoms with Gasteiger partial charge in [-0.25, -0.2) is 4.79 Å². The lowest BCUT2D eigenvalue weighted by molar-refractivity contribution is -0.150. The van der Waals surface area contributed by atoms with Crippen molar-refractivity contribution < 1.29 is 23.9 Å². The molecule has 0 aromatic heterocycles. The van der Waals surface area contributed by atoms with Gasteiger partial charge in [-0.2, -0.15) is 0 Å². The Morgan fingerprint density at radius 2 is 1.81 bits per heavy atom. The Hall–Kier alpha value is -2.41. The third kappa shape index (κ3) is 5.84. The highest BCUT2D eigenvalue weighted by atomic mass is 16.5. The van der Waals surface area contributed by atoms with Crippen LogP contribution in [0.4, 0.5) is 5.69 Å². The number of esters is 2. The second-order valence-corrected chi connectivity index (χ2v) is 6.17. The number of amides is 1. The molecular formula is C19H26N2O5. The number of hydrogen-bond donors (Lipinski definition) is 1. The molecule has 0 spiro atoms. The van der Waals surface area contributed by atoms with Gasteiger partial charge in [0.05, 0.1) is 31.2 Å². The summed E-state index contributed by atoms with van der Waals surface area (Å²) in [5, 5.41) is 2.81. The number of carbonyl (C=O) groups is 3. The smallest absolute Gasteiger partial charge is 0.338 e. The van der Waals surface area contributed by atoms with Crippen molar-refractivity contribution in [2.24, 2.45) is 5.92 Å². The first-order valence-electron chi connectivity index (χ1n) is 8.99. The molecule has 0 saturated carbocycles. The average molecular weight is 362 g/mol. The number of carbonyl (C=O) groups excluding carboxylic acids is 3. The maximum absolute atomic E-state index is 12.2. The van der Waals surface area contributed by atoms with Gasteiger partial charge in [0.15, 0.2) is 0 Å². The van der Waals surface area contributed by atoms with Crippen LogP contribution < -0.4 is 5.32 Å². The SMILES string of the molecule is CCOC(=O)c1ccc(NC(=O)CN2CCC[C@@H](C(=O)OCC)C2)cc1. The van der Waals surface area contributed by atoms with Gasteiger partial charge in [-0.15, -0.1) is 0 Å². The van der Waals surface area contributed by atoms with Crippen molar-refractivity contribution >= 4 is 23.5 Å². The number of benzene rings is 1. The van der Waals surface area contributed by atoms with E-state index in [2.05, 4.69) is 5.32 Å². The first-order valence-corrected chi connectivity index (χ1v) is 8.99. The number of rotatable bonds is 7. The molecule has 1 heterocycles. The third-order valence-electron chi connectivity index (χ3n) is 4.17. The molecule has 1 atom stereocenters. The predicted octanol–water partition coefficient (Wildman–Crippen LogP) is 2.08. The number of ether oxygens (including phenoxy) is 2. The predicted molar refractivity (Wildman–Crippen MR) is 96.8 cm³/mol. The van der Waals surface area contributed by atoms with E-state index in [1.807, 2.05) is 4.90 Å². The molecular weight excluding hydrogens is 336 g/mol. The van der Waals surface area contributed by atoms with Crippen molar-refractivity contribution in [2.75, 3.05) is 38.2 Å². The van der Waals surface area contributed by atoms with Crippen LogP contribution >= 0.6 is 0 Å². The molecule has 1 aromatic carbocycles. The largest absolute Gasteiger partial charge is 0.466 e. The van der Waals surface area contributed by atoms with E-state index < -0.39 is 0 Å². The molecule has 142 valence electrons. The highest BCUT2D eigenvalue weighted by Crippen LogP contribution is 2.18. The minimum Gasteiger partial charge on any atom is -0.466 e. The second-order valence-electron chi connectivity index (χ2n) is 6.17. The molecule has 1 aliphatic heterocycles. The Labute approximate surface area is 153 Å². The lowest BCUT2D eigenvalue weighted by Crippen LogP contribution is -2.43. The summed E-state index contributed by atoms with van der Waals surface area (Å²) in [7, 11) is 0. The summed E-state index contributed by atoms with van der Waals surface area (Å²) in [6, 6.07) is 6.57. The van der Waals surface area contributed by atoms with Crippen molar-refractivity contribution in [3.05, 3.63) is 29.8 Å². The van der Waals surface area contributed by atoms with E-state index in [1.54, 1.807) is 38.1 Å². The van der Waals surface area contributed by atoms with Gasteiger partial charge >= 0.3 is 11.9 Å². The van der Waals surface area contributed by atoms with E-state index in [4.69, 9.17) is 9.47 Å². The van der Waals surface area contributed by atoms with E-state index >= 15 is 0 Å². The summed E-state index contributed by atoms with van der Waals surface area (Å²) in [5.74, 6) is -0.894. The molecule has 1 N–H and O–H groups in total. The fourth-order valence-corrected chi connectivity index (χ4v) is 2.96. The van der Waals surface area contributed by atoms with Gasteiger partial charge in [-0.3, -0.25) is 14.5 Å². The van der Waals surface area contributed by atoms with E-state index in [0.29, 0.717) is 31.0 Å². The van der Waals surface area contributed by atoms with Crippen molar-refractivity contribution in [1.29, 1.82) is 0 Å². The summed E-state index contributed by atoms with van der Waals surface area (Å²) in [6.07, 6.45) is 1.66. The number of nitrogens with zero attached hydrogens (tertiary/aromatic N) is 1. The molecule has 0 bridgehead atoms. The van der Waals surface area contributed by atoms with Crippen LogP contribution in [0.5, 0.6) is 0 Å². The van der Waals surface area contributed by atoms with Crippen molar-refractivity contribution in [3.8, 4) is 0 Å². The molecule has 1 aliphatic rings. The van der Waals surface area contributed by atoms with Crippen LogP contribution in [-0.4, -0.2) is 55.6 Å². The number of nitrogens with one attached hydrogen (secondary N) is 1. The van der Waals surface area contributed by atoms with Gasteiger partial charge in [-0.05, 0) is 57.5 Å². The second kappa shape index (κ2) is 9.91. The zero-order chi connectivity index (χ0) is 18.9. The van der Waals surface area contributed by atoms with Crippen LogP contribution in [0.25, 0.3) is 0 Å². The normalized spacial score (nSPS) is 17.4. The van der Waals surface area contributed by atoms with Crippen molar-refractivity contribution in [3.63, 3.8) is 0 Å². The monoisotopic (exact) mass is 362 g/mol. The molecule has 0 radical (unpaired) electrons. The fourth-order valence-electron chi connectivity index (χ4n) is 2.96. The molecule has 26 heavy (non-hydrogen) atoms. The minimum atomic E-state index is -0.385. The highest BCUT2D eigenvalue weighted by molar-refractivity contribution is 5.94. The molecule has 1 aromatic rings. The molecule has 0 aliphatic carbocycles. The van der Waals surface area contributed by atoms with Gasteiger partial charge < -0.3 is 14.8 Å². The standard InChI is InChI=1S/C19H26N2O5/c1-3-25-18(23)14-7-9-16(10-8-14)20-17(22)13-21-11-5-6-15(12-21)19(24)26-4-2/h7-10,15H,3-6,11-13H2,1-2H3,(H,20,22)/t15-/m1/s1. The number of hydrogen-bond acceptors (Lipinski definition) is 6. The van der Waals surface area contributed by atoms with Gasteiger partial charge in [0.1, 0.15) is 0 Å². The van der Waals surface area contributed by atoms with E-state index in [1.165, 1.54) is 0 Å². The quantitative estimate of drug-likeness (QED) is 0.748. The number of piperidine rings is 1. The molecule has 0 unspecified atom stereocenters. The lowest BCUT2D eigenvalue weighted by atomic mass is 9.98. The Kier molecular flexibility index (Phi) is 7.59. The summed E-state index contributed by atoms with van der Waals surface area (Å²) in [4.78, 5) is 37.7. The van der Waals surface area contributed by atoms with Crippen molar-refractivity contribution in [2.45, 2.75) is 26.7 Å². The van der Waals surface area contributed by atoms with E-state index in [0.717, 1.165) is 19.4 Å². The van der Waals surface area contributed by atoms with Gasteiger partial charge in [0, 0.05) is 12.2 Å². The zero-order valence-corrected chi connectivity index (χ0v) is 15.3. The molecule has 7 nitrogen and oxygen atoms in total. The number of anilines is 1. The minimum absolute atomic E-state index is 0.154. The van der Waals surface area contributed by atoms with Crippen LogP contribution in [0.1, 0.15) is 37.0 Å². The van der Waals surface area contributed by atoms with Crippen LogP contribution in [-0.2, 0) is 19.1 Å². The molecule has 7 heteroatoms. The molecule has 2 rings (SSSR count). The van der Waals surface area contributed by atoms with Gasteiger partial charge in [-0.1, -0.05) is 0 Å². The summed E-state index contributed by atoms with van der Waals surface area (Å²) < 4.78 is 10.00. The maximum atomic E-state index is 12.2. The topological polar surface area (TPSA) is 84.9 Å².